The van der Waals surface area contributed by atoms with Crippen LogP contribution in [0.25, 0.3) is 11.0 Å². The van der Waals surface area contributed by atoms with Crippen molar-refractivity contribution in [2.24, 2.45) is 0 Å². The van der Waals surface area contributed by atoms with Crippen molar-refractivity contribution < 1.29 is 25.2 Å². The third-order valence-electron chi connectivity index (χ3n) is 3.19. The summed E-state index contributed by atoms with van der Waals surface area (Å²) in [5.41, 5.74) is 1.76. The Morgan fingerprint density at radius 2 is 1.26 bits per heavy atom. The minimum absolute atomic E-state index is 0.0671. The smallest absolute Gasteiger partial charge is 0.339 e. The summed E-state index contributed by atoms with van der Waals surface area (Å²) in [6.07, 6.45) is 0. The lowest BCUT2D eigenvalue weighted by Crippen LogP contribution is -1.95. The average molecular weight is 367 g/mol. The van der Waals surface area contributed by atoms with Crippen LogP contribution in [-0.2, 0) is 0 Å². The molecular formula is C19H17N3O5. The van der Waals surface area contributed by atoms with Gasteiger partial charge in [0.25, 0.3) is 0 Å². The highest BCUT2D eigenvalue weighted by molar-refractivity contribution is 5.90. The van der Waals surface area contributed by atoms with Crippen LogP contribution in [-0.4, -0.2) is 41.8 Å². The average Bonchev–Trinajstić information content (AvgIpc) is 3.11. The number of nitrogens with zero attached hydrogens (tertiary/aromatic N) is 2. The molecule has 5 N–H and O–H groups in total. The molecule has 0 unspecified atom stereocenters. The molecule has 3 aromatic carbocycles. The number of carboxylic acid groups (broad SMARTS) is 1. The number of aromatic carboxylic acids is 1. The van der Waals surface area contributed by atoms with E-state index in [2.05, 4.69) is 15.4 Å². The van der Waals surface area contributed by atoms with Crippen molar-refractivity contribution in [3.05, 3.63) is 78.4 Å². The van der Waals surface area contributed by atoms with E-state index in [1.807, 2.05) is 24.3 Å². The van der Waals surface area contributed by atoms with Crippen molar-refractivity contribution in [2.45, 2.75) is 0 Å². The number of benzene rings is 3. The number of fused-ring (bicyclic) bond motifs is 1. The molecule has 4 aromatic rings. The number of aromatic amines is 1. The van der Waals surface area contributed by atoms with Crippen LogP contribution in [0, 0.1) is 0 Å². The molecule has 1 aromatic heterocycles. The van der Waals surface area contributed by atoms with E-state index >= 15 is 0 Å². The molecule has 0 amide bonds. The van der Waals surface area contributed by atoms with Gasteiger partial charge in [0.2, 0.25) is 0 Å². The summed E-state index contributed by atoms with van der Waals surface area (Å²) in [6, 6.07) is 19.4. The lowest BCUT2D eigenvalue weighted by Gasteiger charge is -1.95. The predicted molar refractivity (Wildman–Crippen MR) is 98.7 cm³/mol. The van der Waals surface area contributed by atoms with Gasteiger partial charge in [0, 0.05) is 6.07 Å². The Morgan fingerprint density at radius 1 is 0.741 bits per heavy atom. The Morgan fingerprint density at radius 3 is 1.67 bits per heavy atom. The van der Waals surface area contributed by atoms with E-state index < -0.39 is 5.97 Å². The number of hydrogen-bond acceptors (Lipinski definition) is 6. The van der Waals surface area contributed by atoms with Crippen molar-refractivity contribution in [2.75, 3.05) is 0 Å². The van der Waals surface area contributed by atoms with Gasteiger partial charge < -0.3 is 20.4 Å². The number of aromatic nitrogens is 3. The largest absolute Gasteiger partial charge is 0.508 e. The second kappa shape index (κ2) is 9.42. The zero-order valence-electron chi connectivity index (χ0n) is 14.0. The Labute approximate surface area is 154 Å². The molecule has 1 heterocycles. The summed E-state index contributed by atoms with van der Waals surface area (Å²) in [7, 11) is 0. The van der Waals surface area contributed by atoms with Crippen molar-refractivity contribution in [3.8, 4) is 17.2 Å². The van der Waals surface area contributed by atoms with E-state index in [4.69, 9.17) is 20.4 Å². The number of aromatic hydroxyl groups is 3. The SMILES string of the molecule is O=C(O)c1ccccc1O.Oc1cccc(O)c1.c1ccc2n[nH]nc2c1. The zero-order chi connectivity index (χ0) is 19.6. The number of carbonyl (C=O) groups is 1. The summed E-state index contributed by atoms with van der Waals surface area (Å²) in [6.45, 7) is 0. The van der Waals surface area contributed by atoms with Crippen molar-refractivity contribution in [3.63, 3.8) is 0 Å². The molecule has 8 heteroatoms. The Kier molecular flexibility index (Phi) is 6.72. The van der Waals surface area contributed by atoms with E-state index in [-0.39, 0.29) is 22.8 Å². The monoisotopic (exact) mass is 367 g/mol. The Hall–Kier alpha value is -4.07. The highest BCUT2D eigenvalue weighted by Crippen LogP contribution is 2.15. The molecule has 0 bridgehead atoms. The van der Waals surface area contributed by atoms with E-state index in [1.54, 1.807) is 18.2 Å². The molecule has 8 nitrogen and oxygen atoms in total. The predicted octanol–water partition coefficient (Wildman–Crippen LogP) is 3.15. The number of phenols is 3. The van der Waals surface area contributed by atoms with Crippen LogP contribution in [0.5, 0.6) is 17.2 Å². The number of phenolic OH excluding ortho intramolecular Hbond substituents is 2. The van der Waals surface area contributed by atoms with Crippen LogP contribution < -0.4 is 0 Å². The van der Waals surface area contributed by atoms with E-state index in [0.717, 1.165) is 11.0 Å². The number of nitrogens with one attached hydrogen (secondary N) is 1. The Balaban J connectivity index is 0.000000146. The molecule has 138 valence electrons. The fraction of sp³-hybridized carbons (Fsp3) is 0. The van der Waals surface area contributed by atoms with Crippen LogP contribution in [0.4, 0.5) is 0 Å². The molecule has 0 spiro atoms. The first kappa shape index (κ1) is 19.3. The zero-order valence-corrected chi connectivity index (χ0v) is 14.0. The Bertz CT molecular complexity index is 969. The number of para-hydroxylation sites is 3. The second-order valence-electron chi connectivity index (χ2n) is 5.15. The first-order valence-electron chi connectivity index (χ1n) is 7.72. The highest BCUT2D eigenvalue weighted by atomic mass is 16.4. The molecule has 0 saturated heterocycles. The van der Waals surface area contributed by atoms with Crippen LogP contribution in [0.3, 0.4) is 0 Å². The van der Waals surface area contributed by atoms with E-state index in [9.17, 15) is 4.79 Å². The topological polar surface area (TPSA) is 140 Å². The molecule has 0 atom stereocenters. The molecule has 0 fully saturated rings. The normalized spacial score (nSPS) is 9.48. The van der Waals surface area contributed by atoms with Gasteiger partial charge in [-0.25, -0.2) is 4.79 Å². The van der Waals surface area contributed by atoms with Gasteiger partial charge in [-0.3, -0.25) is 0 Å². The van der Waals surface area contributed by atoms with Gasteiger partial charge >= 0.3 is 5.97 Å². The minimum Gasteiger partial charge on any atom is -0.508 e. The quantitative estimate of drug-likeness (QED) is 0.348. The first-order valence-corrected chi connectivity index (χ1v) is 7.72. The summed E-state index contributed by atoms with van der Waals surface area (Å²) in [5, 5.41) is 44.9. The fourth-order valence-electron chi connectivity index (χ4n) is 1.93. The van der Waals surface area contributed by atoms with Gasteiger partial charge in [-0.05, 0) is 36.4 Å². The number of rotatable bonds is 1. The molecule has 27 heavy (non-hydrogen) atoms. The lowest BCUT2D eigenvalue weighted by atomic mass is 10.2. The third kappa shape index (κ3) is 6.05. The van der Waals surface area contributed by atoms with E-state index in [0.29, 0.717) is 0 Å². The van der Waals surface area contributed by atoms with Gasteiger partial charge in [-0.15, -0.1) is 0 Å². The maximum atomic E-state index is 10.3. The molecule has 0 saturated carbocycles. The molecular weight excluding hydrogens is 350 g/mol. The molecule has 0 aliphatic carbocycles. The summed E-state index contributed by atoms with van der Waals surface area (Å²) in [4.78, 5) is 10.3. The van der Waals surface area contributed by atoms with Crippen molar-refractivity contribution >= 4 is 17.0 Å². The standard InChI is InChI=1S/C7H6O3.C6H5N3.C6H6O2/c8-6-4-2-1-3-5(6)7(9)10;1-2-4-6-5(3-1)7-9-8-6;7-5-2-1-3-6(8)4-5/h1-4,8H,(H,9,10);1-4H,(H,7,8,9);1-4,7-8H. The van der Waals surface area contributed by atoms with Crippen molar-refractivity contribution in [1.82, 2.24) is 15.4 Å². The van der Waals surface area contributed by atoms with Gasteiger partial charge in [-0.1, -0.05) is 30.3 Å². The summed E-state index contributed by atoms with van der Waals surface area (Å²) >= 11 is 0. The maximum Gasteiger partial charge on any atom is 0.339 e. The van der Waals surface area contributed by atoms with Gasteiger partial charge in [-0.2, -0.15) is 15.4 Å². The lowest BCUT2D eigenvalue weighted by molar-refractivity contribution is 0.0693. The molecule has 0 aliphatic rings. The maximum absolute atomic E-state index is 10.3. The van der Waals surface area contributed by atoms with Gasteiger partial charge in [0.15, 0.2) is 0 Å². The summed E-state index contributed by atoms with van der Waals surface area (Å²) in [5.74, 6) is -1.14. The molecule has 0 aliphatic heterocycles. The van der Waals surface area contributed by atoms with Crippen molar-refractivity contribution in [1.29, 1.82) is 0 Å². The molecule has 4 rings (SSSR count). The van der Waals surface area contributed by atoms with Gasteiger partial charge in [0.05, 0.1) is 0 Å². The second-order valence-corrected chi connectivity index (χ2v) is 5.15. The van der Waals surface area contributed by atoms with Gasteiger partial charge in [0.1, 0.15) is 33.8 Å². The number of hydrogen-bond donors (Lipinski definition) is 5. The molecule has 0 radical (unpaired) electrons. The summed E-state index contributed by atoms with van der Waals surface area (Å²) < 4.78 is 0. The third-order valence-corrected chi connectivity index (χ3v) is 3.19. The van der Waals surface area contributed by atoms with Crippen LogP contribution in [0.1, 0.15) is 10.4 Å². The number of H-pyrrole nitrogens is 1. The van der Waals surface area contributed by atoms with Crippen LogP contribution in [0.2, 0.25) is 0 Å². The van der Waals surface area contributed by atoms with E-state index in [1.165, 1.54) is 30.3 Å². The minimum atomic E-state index is -1.11. The highest BCUT2D eigenvalue weighted by Gasteiger charge is 2.05. The van der Waals surface area contributed by atoms with Crippen LogP contribution in [0.15, 0.2) is 72.8 Å². The fourth-order valence-corrected chi connectivity index (χ4v) is 1.93. The first-order chi connectivity index (χ1) is 13.0. The number of carboxylic acids is 1. The van der Waals surface area contributed by atoms with Crippen LogP contribution >= 0.6 is 0 Å².